The van der Waals surface area contributed by atoms with E-state index in [2.05, 4.69) is 0 Å². The first-order valence-corrected chi connectivity index (χ1v) is 1.79. The van der Waals surface area contributed by atoms with Gasteiger partial charge in [0.05, 0.1) is 0 Å². The van der Waals surface area contributed by atoms with Crippen molar-refractivity contribution in [2.45, 2.75) is 20.0 Å². The molecule has 0 aromatic carbocycles. The Balaban J connectivity index is 3.26. The average Bonchev–Trinajstić information content (AvgIpc) is 1.36. The Morgan fingerprint density at radius 2 is 2.00 bits per heavy atom. The Morgan fingerprint density at radius 1 is 1.83 bits per heavy atom. The number of halogens is 1. The summed E-state index contributed by atoms with van der Waals surface area (Å²) in [4.78, 5) is 9.77. The van der Waals surface area contributed by atoms with Crippen molar-refractivity contribution in [1.29, 1.82) is 0 Å². The van der Waals surface area contributed by atoms with E-state index in [9.17, 15) is 9.18 Å². The number of ketones is 1. The van der Waals surface area contributed by atoms with Crippen molar-refractivity contribution in [3.63, 3.8) is 0 Å². The molecule has 0 unspecified atom stereocenters. The molecule has 36 valence electrons. The SMILES string of the molecule is CC(=O)[C@@H](C)F. The lowest BCUT2D eigenvalue weighted by Gasteiger charge is -1.86. The van der Waals surface area contributed by atoms with Crippen molar-refractivity contribution in [3.05, 3.63) is 0 Å². The average molecular weight is 90.1 g/mol. The van der Waals surface area contributed by atoms with Crippen molar-refractivity contribution in [2.24, 2.45) is 0 Å². The van der Waals surface area contributed by atoms with Crippen molar-refractivity contribution in [1.82, 2.24) is 0 Å². The predicted molar refractivity (Wildman–Crippen MR) is 21.3 cm³/mol. The zero-order valence-corrected chi connectivity index (χ0v) is 3.86. The normalized spacial score (nSPS) is 13.8. The van der Waals surface area contributed by atoms with E-state index in [1.807, 2.05) is 0 Å². The van der Waals surface area contributed by atoms with Gasteiger partial charge in [-0.2, -0.15) is 0 Å². The molecule has 0 aromatic rings. The van der Waals surface area contributed by atoms with E-state index in [-0.39, 0.29) is 0 Å². The second kappa shape index (κ2) is 1.90. The van der Waals surface area contributed by atoms with Crippen LogP contribution in [0.4, 0.5) is 4.39 Å². The van der Waals surface area contributed by atoms with E-state index in [4.69, 9.17) is 0 Å². The third-order valence-electron chi connectivity index (χ3n) is 0.560. The van der Waals surface area contributed by atoms with Gasteiger partial charge >= 0.3 is 0 Å². The summed E-state index contributed by atoms with van der Waals surface area (Å²) < 4.78 is 11.5. The minimum absolute atomic E-state index is 0.407. The van der Waals surface area contributed by atoms with E-state index < -0.39 is 12.0 Å². The van der Waals surface area contributed by atoms with Crippen molar-refractivity contribution < 1.29 is 9.18 Å². The van der Waals surface area contributed by atoms with Crippen LogP contribution in [0, 0.1) is 0 Å². The molecule has 0 aliphatic heterocycles. The molecule has 0 spiro atoms. The quantitative estimate of drug-likeness (QED) is 0.468. The largest absolute Gasteiger partial charge is 0.297 e. The molecule has 0 rings (SSSR count). The highest BCUT2D eigenvalue weighted by Gasteiger charge is 2.00. The van der Waals surface area contributed by atoms with E-state index in [0.29, 0.717) is 0 Å². The molecule has 0 bridgehead atoms. The second-order valence-electron chi connectivity index (χ2n) is 1.23. The van der Waals surface area contributed by atoms with Crippen molar-refractivity contribution in [3.8, 4) is 0 Å². The Hall–Kier alpha value is -0.400. The fraction of sp³-hybridized carbons (Fsp3) is 0.750. The highest BCUT2D eigenvalue weighted by Crippen LogP contribution is 1.85. The van der Waals surface area contributed by atoms with Gasteiger partial charge in [0.2, 0.25) is 0 Å². The maximum atomic E-state index is 11.5. The van der Waals surface area contributed by atoms with Gasteiger partial charge in [0.25, 0.3) is 0 Å². The van der Waals surface area contributed by atoms with Gasteiger partial charge < -0.3 is 0 Å². The summed E-state index contributed by atoms with van der Waals surface area (Å²) in [5.41, 5.74) is 0. The van der Waals surface area contributed by atoms with Gasteiger partial charge in [-0.15, -0.1) is 0 Å². The maximum Gasteiger partial charge on any atom is 0.163 e. The zero-order valence-electron chi connectivity index (χ0n) is 3.86. The molecule has 0 fully saturated rings. The van der Waals surface area contributed by atoms with Crippen LogP contribution in [-0.4, -0.2) is 12.0 Å². The minimum atomic E-state index is -1.29. The lowest BCUT2D eigenvalue weighted by atomic mass is 10.3. The fourth-order valence-electron chi connectivity index (χ4n) is 0. The predicted octanol–water partition coefficient (Wildman–Crippen LogP) is 0.933. The van der Waals surface area contributed by atoms with Gasteiger partial charge in [-0.3, -0.25) is 4.79 Å². The van der Waals surface area contributed by atoms with Crippen LogP contribution in [0.2, 0.25) is 0 Å². The highest BCUT2D eigenvalue weighted by molar-refractivity contribution is 5.79. The zero-order chi connectivity index (χ0) is 5.15. The van der Waals surface area contributed by atoms with Gasteiger partial charge in [-0.05, 0) is 13.8 Å². The van der Waals surface area contributed by atoms with Crippen LogP contribution in [0.1, 0.15) is 13.8 Å². The molecule has 0 N–H and O–H groups in total. The minimum Gasteiger partial charge on any atom is -0.297 e. The summed E-state index contributed by atoms with van der Waals surface area (Å²) >= 11 is 0. The van der Waals surface area contributed by atoms with Gasteiger partial charge in [-0.1, -0.05) is 0 Å². The van der Waals surface area contributed by atoms with E-state index in [0.717, 1.165) is 0 Å². The number of hydrogen-bond acceptors (Lipinski definition) is 1. The molecule has 1 atom stereocenters. The van der Waals surface area contributed by atoms with Gasteiger partial charge in [0, 0.05) is 0 Å². The number of carbonyl (C=O) groups is 1. The first-order chi connectivity index (χ1) is 2.64. The third kappa shape index (κ3) is 1.88. The van der Waals surface area contributed by atoms with Crippen LogP contribution >= 0.6 is 0 Å². The lowest BCUT2D eigenvalue weighted by Crippen LogP contribution is -2.04. The molecule has 0 aliphatic carbocycles. The summed E-state index contributed by atoms with van der Waals surface area (Å²) in [6, 6.07) is 0. The van der Waals surface area contributed by atoms with Gasteiger partial charge in [-0.25, -0.2) is 4.39 Å². The maximum absolute atomic E-state index is 11.5. The summed E-state index contributed by atoms with van der Waals surface area (Å²) in [6.45, 7) is 2.45. The van der Waals surface area contributed by atoms with Crippen molar-refractivity contribution in [2.75, 3.05) is 0 Å². The Morgan fingerprint density at radius 3 is 2.00 bits per heavy atom. The van der Waals surface area contributed by atoms with E-state index >= 15 is 0 Å². The standard InChI is InChI=1S/C4H7FO/c1-3(5)4(2)6/h3H,1-2H3/t3-/m1/s1. The number of Topliss-reactive ketones (excluding diaryl/α,β-unsaturated/α-hetero) is 1. The second-order valence-corrected chi connectivity index (χ2v) is 1.23. The molecule has 0 saturated heterocycles. The molecule has 1 nitrogen and oxygen atoms in total. The molecular weight excluding hydrogens is 83.0 g/mol. The fourth-order valence-corrected chi connectivity index (χ4v) is 0. The van der Waals surface area contributed by atoms with Gasteiger partial charge in [0.1, 0.15) is 0 Å². The smallest absolute Gasteiger partial charge is 0.163 e. The number of hydrogen-bond donors (Lipinski definition) is 0. The molecule has 6 heavy (non-hydrogen) atoms. The monoisotopic (exact) mass is 90.0 g/mol. The first-order valence-electron chi connectivity index (χ1n) is 1.79. The number of rotatable bonds is 1. The Labute approximate surface area is 36.2 Å². The van der Waals surface area contributed by atoms with E-state index in [1.54, 1.807) is 0 Å². The highest BCUT2D eigenvalue weighted by atomic mass is 19.1. The first kappa shape index (κ1) is 5.60. The van der Waals surface area contributed by atoms with Crippen LogP contribution < -0.4 is 0 Å². The summed E-state index contributed by atoms with van der Waals surface area (Å²) in [7, 11) is 0. The molecule has 0 heterocycles. The number of carbonyl (C=O) groups excluding carboxylic acids is 1. The van der Waals surface area contributed by atoms with E-state index in [1.165, 1.54) is 13.8 Å². The molecule has 0 aromatic heterocycles. The van der Waals surface area contributed by atoms with Gasteiger partial charge in [0.15, 0.2) is 12.0 Å². The van der Waals surface area contributed by atoms with Crippen LogP contribution in [0.5, 0.6) is 0 Å². The topological polar surface area (TPSA) is 17.1 Å². The molecule has 0 aliphatic rings. The van der Waals surface area contributed by atoms with Crippen molar-refractivity contribution >= 4 is 5.78 Å². The van der Waals surface area contributed by atoms with Crippen LogP contribution in [-0.2, 0) is 4.79 Å². The summed E-state index contributed by atoms with van der Waals surface area (Å²) in [5.74, 6) is -0.407. The molecule has 0 amide bonds. The van der Waals surface area contributed by atoms with Crippen LogP contribution in [0.3, 0.4) is 0 Å². The molecular formula is C4H7FO. The third-order valence-corrected chi connectivity index (χ3v) is 0.560. The Kier molecular flexibility index (Phi) is 1.77. The van der Waals surface area contributed by atoms with Crippen LogP contribution in [0.25, 0.3) is 0 Å². The molecule has 0 radical (unpaired) electrons. The number of alkyl halides is 1. The Bertz CT molecular complexity index is 58.6. The van der Waals surface area contributed by atoms with Crippen LogP contribution in [0.15, 0.2) is 0 Å². The summed E-state index contributed by atoms with van der Waals surface area (Å²) in [5, 5.41) is 0. The lowest BCUT2D eigenvalue weighted by molar-refractivity contribution is -0.121. The molecule has 0 saturated carbocycles. The summed E-state index contributed by atoms with van der Waals surface area (Å²) in [6.07, 6.45) is -1.29. The molecule has 2 heteroatoms.